The third kappa shape index (κ3) is 2.67. The van der Waals surface area contributed by atoms with Gasteiger partial charge in [0.2, 0.25) is 5.91 Å². The fraction of sp³-hybridized carbons (Fsp3) is 0.545. The number of amides is 1. The fourth-order valence-electron chi connectivity index (χ4n) is 1.60. The number of halogens is 2. The van der Waals surface area contributed by atoms with Gasteiger partial charge in [-0.1, -0.05) is 0 Å². The average molecular weight is 289 g/mol. The molecule has 1 aromatic heterocycles. The van der Waals surface area contributed by atoms with Crippen LogP contribution < -0.4 is 10.6 Å². The van der Waals surface area contributed by atoms with E-state index in [-0.39, 0.29) is 5.91 Å². The Morgan fingerprint density at radius 1 is 1.44 bits per heavy atom. The molecule has 0 unspecified atom stereocenters. The molecule has 2 rings (SSSR count). The van der Waals surface area contributed by atoms with Crippen LogP contribution in [0.2, 0.25) is 0 Å². The number of alkyl halides is 2. The van der Waals surface area contributed by atoms with Gasteiger partial charge in [-0.3, -0.25) is 9.78 Å². The van der Waals surface area contributed by atoms with E-state index in [0.717, 1.165) is 0 Å². The van der Waals surface area contributed by atoms with E-state index in [2.05, 4.69) is 20.6 Å². The second-order valence-corrected chi connectivity index (χ2v) is 5.97. The van der Waals surface area contributed by atoms with Crippen LogP contribution in [0.1, 0.15) is 13.3 Å². The van der Waals surface area contributed by atoms with Gasteiger partial charge in [0.25, 0.3) is 0 Å². The quantitative estimate of drug-likeness (QED) is 0.638. The zero-order valence-corrected chi connectivity index (χ0v) is 11.4. The van der Waals surface area contributed by atoms with Crippen LogP contribution in [0, 0.1) is 5.41 Å². The van der Waals surface area contributed by atoms with Crippen molar-refractivity contribution in [3.8, 4) is 0 Å². The number of hydrogen-bond donors (Lipinski definition) is 2. The molecule has 1 saturated carbocycles. The molecule has 1 heterocycles. The Kier molecular flexibility index (Phi) is 3.64. The largest absolute Gasteiger partial charge is 0.367 e. The first-order chi connectivity index (χ1) is 8.46. The second-order valence-electron chi connectivity index (χ2n) is 4.49. The summed E-state index contributed by atoms with van der Waals surface area (Å²) in [5.74, 6) is 0.557. The van der Waals surface area contributed by atoms with Crippen molar-refractivity contribution in [2.75, 3.05) is 18.4 Å². The maximum absolute atomic E-state index is 11.8. The minimum Gasteiger partial charge on any atom is -0.367 e. The molecule has 1 aliphatic rings. The summed E-state index contributed by atoms with van der Waals surface area (Å²) in [5.41, 5.74) is -0.664. The summed E-state index contributed by atoms with van der Waals surface area (Å²) in [6, 6.07) is 0. The molecular weight excluding hydrogens is 275 g/mol. The van der Waals surface area contributed by atoms with E-state index in [0.29, 0.717) is 25.3 Å². The highest BCUT2D eigenvalue weighted by Gasteiger charge is 2.67. The van der Waals surface area contributed by atoms with E-state index in [1.54, 1.807) is 25.5 Å². The van der Waals surface area contributed by atoms with Crippen molar-refractivity contribution in [2.45, 2.75) is 17.7 Å². The molecule has 5 nitrogen and oxygen atoms in total. The fourth-order valence-corrected chi connectivity index (χ4v) is 2.30. The summed E-state index contributed by atoms with van der Waals surface area (Å²) < 4.78 is -0.921. The molecule has 98 valence electrons. The lowest BCUT2D eigenvalue weighted by Gasteiger charge is -2.12. The third-order valence-corrected chi connectivity index (χ3v) is 4.14. The molecule has 1 amide bonds. The van der Waals surface area contributed by atoms with Crippen molar-refractivity contribution in [1.82, 2.24) is 15.3 Å². The molecule has 0 bridgehead atoms. The number of nitrogens with zero attached hydrogens (tertiary/aromatic N) is 2. The number of aromatic nitrogens is 2. The minimum absolute atomic E-state index is 0.117. The molecule has 1 fully saturated rings. The van der Waals surface area contributed by atoms with Crippen LogP contribution in [0.15, 0.2) is 18.6 Å². The molecule has 0 spiro atoms. The maximum atomic E-state index is 11.8. The summed E-state index contributed by atoms with van der Waals surface area (Å²) in [4.78, 5) is 19.8. The second kappa shape index (κ2) is 4.90. The molecule has 0 aromatic carbocycles. The number of rotatable bonds is 5. The van der Waals surface area contributed by atoms with Crippen molar-refractivity contribution < 1.29 is 4.79 Å². The van der Waals surface area contributed by atoms with Crippen LogP contribution in [0.25, 0.3) is 0 Å². The summed E-state index contributed by atoms with van der Waals surface area (Å²) in [6.07, 6.45) is 5.31. The number of hydrogen-bond acceptors (Lipinski definition) is 4. The molecule has 18 heavy (non-hydrogen) atoms. The number of carbonyl (C=O) groups is 1. The average Bonchev–Trinajstić information content (AvgIpc) is 2.87. The van der Waals surface area contributed by atoms with Gasteiger partial charge in [0.15, 0.2) is 0 Å². The SMILES string of the molecule is C[C@]1(C(=O)NCCNc2cnccn2)CC1(Cl)Cl. The Bertz CT molecular complexity index is 440. The van der Waals surface area contributed by atoms with Gasteiger partial charge in [-0.15, -0.1) is 23.2 Å². The number of anilines is 1. The molecule has 0 saturated heterocycles. The van der Waals surface area contributed by atoms with Crippen molar-refractivity contribution in [2.24, 2.45) is 5.41 Å². The summed E-state index contributed by atoms with van der Waals surface area (Å²) in [5, 5.41) is 5.83. The van der Waals surface area contributed by atoms with Gasteiger partial charge < -0.3 is 10.6 Å². The Labute approximate surface area is 115 Å². The first-order valence-electron chi connectivity index (χ1n) is 5.62. The Hall–Kier alpha value is -1.07. The predicted octanol–water partition coefficient (Wildman–Crippen LogP) is 1.59. The lowest BCUT2D eigenvalue weighted by Crippen LogP contribution is -2.36. The van der Waals surface area contributed by atoms with Crippen LogP contribution >= 0.6 is 23.2 Å². The van der Waals surface area contributed by atoms with Gasteiger partial charge >= 0.3 is 0 Å². The van der Waals surface area contributed by atoms with Gasteiger partial charge in [-0.25, -0.2) is 4.98 Å². The van der Waals surface area contributed by atoms with Gasteiger partial charge in [0, 0.05) is 25.5 Å². The van der Waals surface area contributed by atoms with Crippen LogP contribution in [-0.2, 0) is 4.79 Å². The zero-order chi connectivity index (χ0) is 13.2. The minimum atomic E-state index is -0.921. The van der Waals surface area contributed by atoms with Crippen molar-refractivity contribution in [3.05, 3.63) is 18.6 Å². The van der Waals surface area contributed by atoms with Gasteiger partial charge in [-0.2, -0.15) is 0 Å². The van der Waals surface area contributed by atoms with Crippen LogP contribution in [0.4, 0.5) is 5.82 Å². The van der Waals surface area contributed by atoms with Gasteiger partial charge in [0.05, 0.1) is 11.6 Å². The monoisotopic (exact) mass is 288 g/mol. The van der Waals surface area contributed by atoms with Crippen LogP contribution in [0.3, 0.4) is 0 Å². The highest BCUT2D eigenvalue weighted by Crippen LogP contribution is 2.63. The Morgan fingerprint density at radius 3 is 2.72 bits per heavy atom. The lowest BCUT2D eigenvalue weighted by molar-refractivity contribution is -0.125. The Balaban J connectivity index is 1.69. The highest BCUT2D eigenvalue weighted by atomic mass is 35.5. The van der Waals surface area contributed by atoms with Crippen LogP contribution in [-0.4, -0.2) is 33.3 Å². The van der Waals surface area contributed by atoms with E-state index in [9.17, 15) is 4.79 Å². The smallest absolute Gasteiger partial charge is 0.229 e. The molecule has 1 atom stereocenters. The molecule has 0 aliphatic heterocycles. The van der Waals surface area contributed by atoms with E-state index >= 15 is 0 Å². The lowest BCUT2D eigenvalue weighted by atomic mass is 10.1. The normalized spacial score (nSPS) is 24.4. The number of carbonyl (C=O) groups excluding carboxylic acids is 1. The molecule has 0 radical (unpaired) electrons. The summed E-state index contributed by atoms with van der Waals surface area (Å²) in [7, 11) is 0. The number of nitrogens with one attached hydrogen (secondary N) is 2. The molecule has 2 N–H and O–H groups in total. The molecule has 7 heteroatoms. The van der Waals surface area contributed by atoms with Crippen LogP contribution in [0.5, 0.6) is 0 Å². The molecule has 1 aromatic rings. The third-order valence-electron chi connectivity index (χ3n) is 3.04. The van der Waals surface area contributed by atoms with E-state index < -0.39 is 9.75 Å². The maximum Gasteiger partial charge on any atom is 0.229 e. The van der Waals surface area contributed by atoms with Gasteiger partial charge in [-0.05, 0) is 13.3 Å². The summed E-state index contributed by atoms with van der Waals surface area (Å²) in [6.45, 7) is 2.81. The Morgan fingerprint density at radius 2 is 2.17 bits per heavy atom. The molecular formula is C11H14Cl2N4O. The van der Waals surface area contributed by atoms with E-state index in [4.69, 9.17) is 23.2 Å². The van der Waals surface area contributed by atoms with Crippen molar-refractivity contribution >= 4 is 34.9 Å². The predicted molar refractivity (Wildman–Crippen MR) is 70.7 cm³/mol. The van der Waals surface area contributed by atoms with E-state index in [1.807, 2.05) is 0 Å². The van der Waals surface area contributed by atoms with Crippen molar-refractivity contribution in [1.29, 1.82) is 0 Å². The van der Waals surface area contributed by atoms with Gasteiger partial charge in [0.1, 0.15) is 10.2 Å². The highest BCUT2D eigenvalue weighted by molar-refractivity contribution is 6.53. The summed E-state index contributed by atoms with van der Waals surface area (Å²) >= 11 is 11.8. The van der Waals surface area contributed by atoms with E-state index in [1.165, 1.54) is 0 Å². The zero-order valence-electron chi connectivity index (χ0n) is 9.91. The molecule has 1 aliphatic carbocycles. The first-order valence-corrected chi connectivity index (χ1v) is 6.37. The standard InChI is InChI=1S/C11H14Cl2N4O/c1-10(7-11(10,12)13)9(18)17-5-4-16-8-6-14-2-3-15-8/h2-3,6H,4-5,7H2,1H3,(H,15,16)(H,17,18)/t10-/m1/s1. The van der Waals surface area contributed by atoms with Crippen molar-refractivity contribution in [3.63, 3.8) is 0 Å². The topological polar surface area (TPSA) is 66.9 Å². The first kappa shape index (κ1) is 13.4.